The highest BCUT2D eigenvalue weighted by atomic mass is 32.2. The lowest BCUT2D eigenvalue weighted by atomic mass is 10.7. The van der Waals surface area contributed by atoms with Crippen molar-refractivity contribution >= 4 is 15.5 Å². The minimum atomic E-state index is -3.57. The number of rotatable bonds is 2. The molecule has 0 saturated heterocycles. The highest BCUT2D eigenvalue weighted by Crippen LogP contribution is 2.09. The zero-order valence-electron chi connectivity index (χ0n) is 6.90. The number of nitrogens with zero attached hydrogens (tertiary/aromatic N) is 5. The van der Waals surface area contributed by atoms with Crippen molar-refractivity contribution in [3.8, 4) is 0 Å². The molecule has 0 spiro atoms. The van der Waals surface area contributed by atoms with E-state index in [2.05, 4.69) is 27.1 Å². The predicted octanol–water partition coefficient (Wildman–Crippen LogP) is -0.564. The first kappa shape index (κ1) is 8.75. The summed E-state index contributed by atoms with van der Waals surface area (Å²) in [6.07, 6.45) is 2.53. The minimum absolute atomic E-state index is 0.102. The third-order valence-electron chi connectivity index (χ3n) is 1.59. The van der Waals surface area contributed by atoms with Crippen molar-refractivity contribution in [1.29, 1.82) is 0 Å². The van der Waals surface area contributed by atoms with Crippen LogP contribution in [-0.4, -0.2) is 33.4 Å². The summed E-state index contributed by atoms with van der Waals surface area (Å²) >= 11 is 0. The molecule has 0 aliphatic heterocycles. The van der Waals surface area contributed by atoms with E-state index in [-0.39, 0.29) is 10.7 Å². The molecule has 0 fully saturated rings. The van der Waals surface area contributed by atoms with E-state index in [1.54, 1.807) is 0 Å². The number of aromatic nitrogens is 5. The van der Waals surface area contributed by atoms with Crippen molar-refractivity contribution in [2.24, 2.45) is 0 Å². The molecule has 7 nitrogen and oxygen atoms in total. The van der Waals surface area contributed by atoms with Gasteiger partial charge in [-0.2, -0.15) is 4.52 Å². The van der Waals surface area contributed by atoms with Crippen molar-refractivity contribution in [1.82, 2.24) is 25.0 Å². The van der Waals surface area contributed by atoms with Gasteiger partial charge in [0.15, 0.2) is 10.7 Å². The van der Waals surface area contributed by atoms with Gasteiger partial charge in [0.05, 0.1) is 12.4 Å². The highest BCUT2D eigenvalue weighted by molar-refractivity contribution is 7.94. The summed E-state index contributed by atoms with van der Waals surface area (Å²) < 4.78 is 24.0. The van der Waals surface area contributed by atoms with Crippen molar-refractivity contribution < 1.29 is 8.42 Å². The van der Waals surface area contributed by atoms with Crippen LogP contribution in [0, 0.1) is 0 Å². The van der Waals surface area contributed by atoms with Gasteiger partial charge in [-0.15, -0.1) is 5.10 Å². The van der Waals surface area contributed by atoms with E-state index in [0.29, 0.717) is 0 Å². The third-order valence-corrected chi connectivity index (χ3v) is 2.89. The average Bonchev–Trinajstić information content (AvgIpc) is 2.64. The minimum Gasteiger partial charge on any atom is -0.258 e. The summed E-state index contributed by atoms with van der Waals surface area (Å²) in [5.74, 6) is 0. The fraction of sp³-hybridized carbons (Fsp3) is 0. The van der Waals surface area contributed by atoms with Gasteiger partial charge in [-0.05, 0) is 10.4 Å². The molecule has 2 heterocycles. The lowest BCUT2D eigenvalue weighted by Gasteiger charge is -1.98. The van der Waals surface area contributed by atoms with Gasteiger partial charge in [0.1, 0.15) is 0 Å². The number of hydrogen-bond acceptors (Lipinski definition) is 6. The summed E-state index contributed by atoms with van der Waals surface area (Å²) in [7, 11) is -3.57. The Balaban J connectivity index is 2.87. The number of fused-ring (bicyclic) bond motifs is 1. The van der Waals surface area contributed by atoms with Gasteiger partial charge in [-0.3, -0.25) is 4.98 Å². The topological polar surface area (TPSA) is 90.1 Å². The second-order valence-electron chi connectivity index (χ2n) is 2.41. The summed E-state index contributed by atoms with van der Waals surface area (Å²) in [5.41, 5.74) is 0.271. The molecular formula is C6H5N5O2S. The number of tetrazole rings is 1. The zero-order chi connectivity index (χ0) is 10.2. The van der Waals surface area contributed by atoms with E-state index < -0.39 is 9.84 Å². The van der Waals surface area contributed by atoms with E-state index in [9.17, 15) is 8.42 Å². The SMILES string of the molecule is C=CS(=O)(=O)c1cncc2nnnn12. The van der Waals surface area contributed by atoms with Gasteiger partial charge in [-0.1, -0.05) is 6.58 Å². The van der Waals surface area contributed by atoms with Crippen LogP contribution in [0.25, 0.3) is 5.65 Å². The molecule has 0 aromatic carbocycles. The molecule has 2 rings (SSSR count). The lowest BCUT2D eigenvalue weighted by Crippen LogP contribution is -2.05. The summed E-state index contributed by atoms with van der Waals surface area (Å²) in [6, 6.07) is 0. The Labute approximate surface area is 79.0 Å². The van der Waals surface area contributed by atoms with Crippen LogP contribution in [0.5, 0.6) is 0 Å². The van der Waals surface area contributed by atoms with Crippen LogP contribution in [0.3, 0.4) is 0 Å². The first-order chi connectivity index (χ1) is 6.65. The molecule has 14 heavy (non-hydrogen) atoms. The Kier molecular flexibility index (Phi) is 1.78. The molecule has 0 aliphatic carbocycles. The molecule has 0 amide bonds. The van der Waals surface area contributed by atoms with Crippen LogP contribution >= 0.6 is 0 Å². The Bertz CT molecular complexity index is 587. The number of hydrogen-bond donors (Lipinski definition) is 0. The molecule has 0 atom stereocenters. The maximum absolute atomic E-state index is 11.4. The molecular weight excluding hydrogens is 206 g/mol. The van der Waals surface area contributed by atoms with Gasteiger partial charge in [0.2, 0.25) is 9.84 Å². The van der Waals surface area contributed by atoms with Crippen LogP contribution < -0.4 is 0 Å². The lowest BCUT2D eigenvalue weighted by molar-refractivity contribution is 0.593. The third kappa shape index (κ3) is 1.16. The summed E-state index contributed by atoms with van der Waals surface area (Å²) in [5, 5.41) is 11.1. The molecule has 72 valence electrons. The van der Waals surface area contributed by atoms with E-state index in [1.165, 1.54) is 12.4 Å². The van der Waals surface area contributed by atoms with E-state index in [1.807, 2.05) is 0 Å². The van der Waals surface area contributed by atoms with Gasteiger partial charge < -0.3 is 0 Å². The standard InChI is InChI=1S/C6H5N5O2S/c1-2-14(12,13)6-4-7-3-5-8-9-10-11(5)6/h2-4H,1H2. The van der Waals surface area contributed by atoms with Crippen LogP contribution in [-0.2, 0) is 9.84 Å². The normalized spacial score (nSPS) is 11.7. The van der Waals surface area contributed by atoms with Crippen LogP contribution in [0.2, 0.25) is 0 Å². The van der Waals surface area contributed by atoms with Crippen LogP contribution in [0.1, 0.15) is 0 Å². The molecule has 0 unspecified atom stereocenters. The number of sulfone groups is 1. The zero-order valence-corrected chi connectivity index (χ0v) is 7.72. The average molecular weight is 211 g/mol. The second-order valence-corrected chi connectivity index (χ2v) is 4.25. The van der Waals surface area contributed by atoms with Gasteiger partial charge in [-0.25, -0.2) is 8.42 Å². The van der Waals surface area contributed by atoms with Crippen LogP contribution in [0.15, 0.2) is 29.4 Å². The molecule has 0 bridgehead atoms. The van der Waals surface area contributed by atoms with Crippen molar-refractivity contribution in [3.63, 3.8) is 0 Å². The fourth-order valence-electron chi connectivity index (χ4n) is 0.933. The predicted molar refractivity (Wildman–Crippen MR) is 46.0 cm³/mol. The first-order valence-corrected chi connectivity index (χ1v) is 5.09. The first-order valence-electron chi connectivity index (χ1n) is 3.55. The van der Waals surface area contributed by atoms with Crippen molar-refractivity contribution in [3.05, 3.63) is 24.4 Å². The summed E-state index contributed by atoms with van der Waals surface area (Å²) in [4.78, 5) is 3.71. The Morgan fingerprint density at radius 1 is 1.43 bits per heavy atom. The van der Waals surface area contributed by atoms with E-state index in [4.69, 9.17) is 0 Å². The summed E-state index contributed by atoms with van der Waals surface area (Å²) in [6.45, 7) is 3.20. The molecule has 2 aromatic rings. The fourth-order valence-corrected chi connectivity index (χ4v) is 1.68. The maximum atomic E-state index is 11.4. The van der Waals surface area contributed by atoms with Crippen LogP contribution in [0.4, 0.5) is 0 Å². The smallest absolute Gasteiger partial charge is 0.218 e. The van der Waals surface area contributed by atoms with Crippen molar-refractivity contribution in [2.75, 3.05) is 0 Å². The molecule has 0 N–H and O–H groups in total. The molecule has 0 aliphatic rings. The Morgan fingerprint density at radius 3 is 2.93 bits per heavy atom. The second kappa shape index (κ2) is 2.84. The van der Waals surface area contributed by atoms with Gasteiger partial charge in [0.25, 0.3) is 0 Å². The van der Waals surface area contributed by atoms with E-state index in [0.717, 1.165) is 9.92 Å². The monoisotopic (exact) mass is 211 g/mol. The maximum Gasteiger partial charge on any atom is 0.218 e. The molecule has 0 saturated carbocycles. The Hall–Kier alpha value is -1.83. The quantitative estimate of drug-likeness (QED) is 0.661. The van der Waals surface area contributed by atoms with Gasteiger partial charge in [0, 0.05) is 5.41 Å². The van der Waals surface area contributed by atoms with Gasteiger partial charge >= 0.3 is 0 Å². The molecule has 0 radical (unpaired) electrons. The largest absolute Gasteiger partial charge is 0.258 e. The Morgan fingerprint density at radius 2 is 2.21 bits per heavy atom. The van der Waals surface area contributed by atoms with Crippen molar-refractivity contribution in [2.45, 2.75) is 5.03 Å². The highest BCUT2D eigenvalue weighted by Gasteiger charge is 2.15. The van der Waals surface area contributed by atoms with E-state index >= 15 is 0 Å². The molecule has 8 heteroatoms. The molecule has 2 aromatic heterocycles.